The van der Waals surface area contributed by atoms with E-state index in [0.717, 1.165) is 32.2 Å². The molecule has 0 aromatic heterocycles. The van der Waals surface area contributed by atoms with Crippen molar-refractivity contribution in [3.05, 3.63) is 35.4 Å². The molecule has 1 spiro atoms. The fourth-order valence-electron chi connectivity index (χ4n) is 3.67. The van der Waals surface area contributed by atoms with Crippen LogP contribution in [0.4, 0.5) is 0 Å². The number of nitrogens with zero attached hydrogens (tertiary/aromatic N) is 1. The Morgan fingerprint density at radius 1 is 1.12 bits per heavy atom. The maximum absolute atomic E-state index is 11.4. The van der Waals surface area contributed by atoms with Gasteiger partial charge < -0.3 is 4.90 Å². The molecular formula is C15H19NO. The first kappa shape index (κ1) is 10.8. The van der Waals surface area contributed by atoms with Crippen molar-refractivity contribution >= 4 is 6.41 Å². The summed E-state index contributed by atoms with van der Waals surface area (Å²) < 4.78 is 0. The van der Waals surface area contributed by atoms with Crippen LogP contribution in [-0.2, 0) is 16.8 Å². The molecule has 2 heteroatoms. The first-order valence-electron chi connectivity index (χ1n) is 6.67. The lowest BCUT2D eigenvalue weighted by atomic mass is 9.71. The number of likely N-dealkylation sites (tertiary alicyclic amines) is 1. The molecule has 2 nitrogen and oxygen atoms in total. The molecule has 1 heterocycles. The second-order valence-corrected chi connectivity index (χ2v) is 5.30. The Morgan fingerprint density at radius 2 is 1.94 bits per heavy atom. The Hall–Kier alpha value is -1.31. The number of hydrogen-bond donors (Lipinski definition) is 0. The normalized spacial score (nSPS) is 27.9. The van der Waals surface area contributed by atoms with Crippen LogP contribution < -0.4 is 0 Å². The van der Waals surface area contributed by atoms with E-state index >= 15 is 0 Å². The zero-order valence-electron chi connectivity index (χ0n) is 10.2. The quantitative estimate of drug-likeness (QED) is 0.678. The lowest BCUT2D eigenvalue weighted by Crippen LogP contribution is -2.50. The zero-order valence-corrected chi connectivity index (χ0v) is 10.2. The van der Waals surface area contributed by atoms with E-state index in [1.807, 2.05) is 0 Å². The van der Waals surface area contributed by atoms with Gasteiger partial charge in [0, 0.05) is 6.54 Å². The summed E-state index contributed by atoms with van der Waals surface area (Å²) in [5.41, 5.74) is 2.89. The van der Waals surface area contributed by atoms with Gasteiger partial charge in [-0.05, 0) is 49.7 Å². The van der Waals surface area contributed by atoms with Gasteiger partial charge >= 0.3 is 0 Å². The van der Waals surface area contributed by atoms with Crippen molar-refractivity contribution in [2.75, 3.05) is 6.54 Å². The van der Waals surface area contributed by atoms with E-state index in [0.29, 0.717) is 0 Å². The number of amides is 1. The third-order valence-corrected chi connectivity index (χ3v) is 4.47. The van der Waals surface area contributed by atoms with Gasteiger partial charge in [-0.15, -0.1) is 0 Å². The molecule has 1 aliphatic carbocycles. The molecule has 90 valence electrons. The average molecular weight is 229 g/mol. The summed E-state index contributed by atoms with van der Waals surface area (Å²) in [5.74, 6) is 0. The van der Waals surface area contributed by atoms with Crippen LogP contribution in [0.3, 0.4) is 0 Å². The molecule has 17 heavy (non-hydrogen) atoms. The first-order valence-corrected chi connectivity index (χ1v) is 6.67. The number of carbonyl (C=O) groups is 1. The molecule has 1 fully saturated rings. The molecule has 1 saturated heterocycles. The standard InChI is InChI=1S/C15H19NO/c17-12-16-11-4-3-9-15(16)10-5-7-13-6-1-2-8-14(13)15/h1-2,6,8,12H,3-5,7,9-11H2. The Labute approximate surface area is 103 Å². The van der Waals surface area contributed by atoms with Gasteiger partial charge in [0.2, 0.25) is 6.41 Å². The lowest BCUT2D eigenvalue weighted by molar-refractivity contribution is -0.127. The summed E-state index contributed by atoms with van der Waals surface area (Å²) in [6, 6.07) is 8.69. The molecule has 1 amide bonds. The minimum Gasteiger partial charge on any atom is -0.336 e. The van der Waals surface area contributed by atoms with Gasteiger partial charge in [0.15, 0.2) is 0 Å². The van der Waals surface area contributed by atoms with E-state index in [1.54, 1.807) is 0 Å². The van der Waals surface area contributed by atoms with Crippen molar-refractivity contribution in [1.29, 1.82) is 0 Å². The summed E-state index contributed by atoms with van der Waals surface area (Å²) >= 11 is 0. The molecule has 1 aliphatic heterocycles. The van der Waals surface area contributed by atoms with Crippen LogP contribution in [0.2, 0.25) is 0 Å². The number of aryl methyl sites for hydroxylation is 1. The van der Waals surface area contributed by atoms with Crippen LogP contribution >= 0.6 is 0 Å². The lowest BCUT2D eigenvalue weighted by Gasteiger charge is -2.49. The molecule has 2 aliphatic rings. The molecule has 3 rings (SSSR count). The minimum absolute atomic E-state index is 0.0227. The van der Waals surface area contributed by atoms with Crippen molar-refractivity contribution in [3.8, 4) is 0 Å². The third kappa shape index (κ3) is 1.58. The Morgan fingerprint density at radius 3 is 2.82 bits per heavy atom. The largest absolute Gasteiger partial charge is 0.336 e. The molecule has 0 saturated carbocycles. The van der Waals surface area contributed by atoms with Gasteiger partial charge in [0.1, 0.15) is 0 Å². The summed E-state index contributed by atoms with van der Waals surface area (Å²) in [6.45, 7) is 0.928. The van der Waals surface area contributed by atoms with Crippen molar-refractivity contribution in [2.24, 2.45) is 0 Å². The maximum Gasteiger partial charge on any atom is 0.210 e. The molecule has 1 aromatic rings. The molecule has 0 N–H and O–H groups in total. The van der Waals surface area contributed by atoms with Crippen LogP contribution in [-0.4, -0.2) is 17.9 Å². The Balaban J connectivity index is 2.10. The van der Waals surface area contributed by atoms with Crippen LogP contribution in [0.1, 0.15) is 43.2 Å². The van der Waals surface area contributed by atoms with E-state index in [9.17, 15) is 4.79 Å². The van der Waals surface area contributed by atoms with Crippen molar-refractivity contribution in [3.63, 3.8) is 0 Å². The predicted molar refractivity (Wildman–Crippen MR) is 67.7 cm³/mol. The Kier molecular flexibility index (Phi) is 2.65. The third-order valence-electron chi connectivity index (χ3n) is 4.47. The van der Waals surface area contributed by atoms with Crippen LogP contribution in [0.15, 0.2) is 24.3 Å². The van der Waals surface area contributed by atoms with Crippen molar-refractivity contribution in [1.82, 2.24) is 4.90 Å². The van der Waals surface area contributed by atoms with Gasteiger partial charge in [-0.3, -0.25) is 4.79 Å². The fraction of sp³-hybridized carbons (Fsp3) is 0.533. The first-order chi connectivity index (χ1) is 8.37. The number of benzene rings is 1. The van der Waals surface area contributed by atoms with Gasteiger partial charge in [-0.2, -0.15) is 0 Å². The molecule has 1 aromatic carbocycles. The smallest absolute Gasteiger partial charge is 0.210 e. The van der Waals surface area contributed by atoms with Crippen molar-refractivity contribution in [2.45, 2.75) is 44.1 Å². The van der Waals surface area contributed by atoms with Gasteiger partial charge in [-0.25, -0.2) is 0 Å². The molecule has 0 bridgehead atoms. The summed E-state index contributed by atoms with van der Waals surface area (Å²) in [4.78, 5) is 13.4. The molecular weight excluding hydrogens is 210 g/mol. The number of fused-ring (bicyclic) bond motifs is 2. The van der Waals surface area contributed by atoms with Gasteiger partial charge in [0.05, 0.1) is 5.54 Å². The van der Waals surface area contributed by atoms with Gasteiger partial charge in [-0.1, -0.05) is 24.3 Å². The molecule has 0 radical (unpaired) electrons. The molecule has 1 atom stereocenters. The SMILES string of the molecule is O=CN1CCCCC12CCCc1ccccc12. The monoisotopic (exact) mass is 229 g/mol. The topological polar surface area (TPSA) is 20.3 Å². The van der Waals surface area contributed by atoms with Gasteiger partial charge in [0.25, 0.3) is 0 Å². The van der Waals surface area contributed by atoms with E-state index in [2.05, 4.69) is 29.2 Å². The van der Waals surface area contributed by atoms with Crippen LogP contribution in [0.5, 0.6) is 0 Å². The Bertz CT molecular complexity index is 429. The highest BCUT2D eigenvalue weighted by molar-refractivity contribution is 5.52. The second kappa shape index (κ2) is 4.17. The number of piperidine rings is 1. The second-order valence-electron chi connectivity index (χ2n) is 5.30. The van der Waals surface area contributed by atoms with Crippen molar-refractivity contribution < 1.29 is 4.79 Å². The summed E-state index contributed by atoms with van der Waals surface area (Å²) in [5, 5.41) is 0. The minimum atomic E-state index is 0.0227. The highest BCUT2D eigenvalue weighted by atomic mass is 16.1. The van der Waals surface area contributed by atoms with E-state index < -0.39 is 0 Å². The molecule has 1 unspecified atom stereocenters. The average Bonchev–Trinajstić information content (AvgIpc) is 2.40. The highest BCUT2D eigenvalue weighted by Gasteiger charge is 2.42. The van der Waals surface area contributed by atoms with Crippen LogP contribution in [0, 0.1) is 0 Å². The van der Waals surface area contributed by atoms with E-state index in [1.165, 1.54) is 30.4 Å². The van der Waals surface area contributed by atoms with Crippen LogP contribution in [0.25, 0.3) is 0 Å². The fourth-order valence-corrected chi connectivity index (χ4v) is 3.67. The summed E-state index contributed by atoms with van der Waals surface area (Å²) in [6.07, 6.45) is 8.14. The van der Waals surface area contributed by atoms with E-state index in [-0.39, 0.29) is 5.54 Å². The summed E-state index contributed by atoms with van der Waals surface area (Å²) in [7, 11) is 0. The maximum atomic E-state index is 11.4. The number of rotatable bonds is 1. The van der Waals surface area contributed by atoms with E-state index in [4.69, 9.17) is 0 Å². The number of hydrogen-bond acceptors (Lipinski definition) is 1. The zero-order chi connectivity index (χ0) is 11.7. The predicted octanol–water partition coefficient (Wildman–Crippen LogP) is 2.86. The highest BCUT2D eigenvalue weighted by Crippen LogP contribution is 2.45. The number of carbonyl (C=O) groups excluding carboxylic acids is 1.